The van der Waals surface area contributed by atoms with Gasteiger partial charge in [-0.25, -0.2) is 9.78 Å². The van der Waals surface area contributed by atoms with Crippen molar-refractivity contribution in [2.75, 3.05) is 0 Å². The summed E-state index contributed by atoms with van der Waals surface area (Å²) < 4.78 is 8.53. The number of aryl methyl sites for hydroxylation is 1. The van der Waals surface area contributed by atoms with E-state index in [1.165, 1.54) is 21.9 Å². The minimum atomic E-state index is -0.468. The fraction of sp³-hybridized carbons (Fsp3) is 0.158. The minimum Gasteiger partial charge on any atom is -0.456 e. The molecule has 136 valence electrons. The summed E-state index contributed by atoms with van der Waals surface area (Å²) in [7, 11) is 0. The number of ether oxygens (including phenoxy) is 1. The van der Waals surface area contributed by atoms with Gasteiger partial charge < -0.3 is 9.30 Å². The van der Waals surface area contributed by atoms with E-state index in [0.29, 0.717) is 16.2 Å². The first-order valence-electron chi connectivity index (χ1n) is 8.43. The van der Waals surface area contributed by atoms with Gasteiger partial charge in [-0.3, -0.25) is 4.79 Å². The van der Waals surface area contributed by atoms with Crippen molar-refractivity contribution in [2.45, 2.75) is 20.0 Å². The normalized spacial score (nSPS) is 11.0. The molecule has 0 aliphatic rings. The molecule has 3 aromatic heterocycles. The van der Waals surface area contributed by atoms with Crippen LogP contribution in [0.25, 0.3) is 10.6 Å². The molecule has 3 heterocycles. The van der Waals surface area contributed by atoms with Crippen LogP contribution in [0.15, 0.2) is 59.7 Å². The van der Waals surface area contributed by atoms with Crippen molar-refractivity contribution < 1.29 is 9.53 Å². The zero-order valence-electron chi connectivity index (χ0n) is 14.5. The second-order valence-corrected chi connectivity index (χ2v) is 6.89. The predicted octanol–water partition coefficient (Wildman–Crippen LogP) is 2.86. The van der Waals surface area contributed by atoms with E-state index in [0.717, 1.165) is 17.1 Å². The predicted molar refractivity (Wildman–Crippen MR) is 101 cm³/mol. The Morgan fingerprint density at radius 3 is 2.78 bits per heavy atom. The highest BCUT2D eigenvalue weighted by molar-refractivity contribution is 7.16. The van der Waals surface area contributed by atoms with Crippen LogP contribution in [0.4, 0.5) is 0 Å². The van der Waals surface area contributed by atoms with Crippen LogP contribution >= 0.6 is 11.3 Å². The molecule has 1 aromatic carbocycles. The zero-order chi connectivity index (χ0) is 18.8. The number of carbonyl (C=O) groups is 1. The van der Waals surface area contributed by atoms with Gasteiger partial charge in [-0.2, -0.15) is 9.61 Å². The van der Waals surface area contributed by atoms with Crippen LogP contribution in [0.1, 0.15) is 28.0 Å². The lowest BCUT2D eigenvalue weighted by molar-refractivity contribution is 0.0467. The van der Waals surface area contributed by atoms with Crippen molar-refractivity contribution in [3.63, 3.8) is 0 Å². The average Bonchev–Trinajstić information content (AvgIpc) is 3.36. The van der Waals surface area contributed by atoms with Crippen molar-refractivity contribution in [1.82, 2.24) is 19.2 Å². The van der Waals surface area contributed by atoms with Crippen molar-refractivity contribution in [3.05, 3.63) is 81.5 Å². The third-order valence-corrected chi connectivity index (χ3v) is 5.03. The first-order chi connectivity index (χ1) is 13.1. The number of hydrogen-bond acceptors (Lipinski definition) is 6. The molecule has 0 saturated carbocycles. The number of rotatable bonds is 5. The van der Waals surface area contributed by atoms with Gasteiger partial charge in [0.05, 0.1) is 11.3 Å². The van der Waals surface area contributed by atoms with Crippen molar-refractivity contribution in [1.29, 1.82) is 0 Å². The van der Waals surface area contributed by atoms with Gasteiger partial charge in [0.1, 0.15) is 11.6 Å². The molecule has 0 N–H and O–H groups in total. The Balaban J connectivity index is 1.52. The molecule has 4 rings (SSSR count). The largest absolute Gasteiger partial charge is 0.456 e. The topological polar surface area (TPSA) is 78.5 Å². The molecule has 0 radical (unpaired) electrons. The molecule has 0 aliphatic heterocycles. The van der Waals surface area contributed by atoms with E-state index in [-0.39, 0.29) is 12.2 Å². The van der Waals surface area contributed by atoms with Crippen LogP contribution in [0.3, 0.4) is 0 Å². The van der Waals surface area contributed by atoms with Crippen LogP contribution in [-0.4, -0.2) is 25.1 Å². The van der Waals surface area contributed by atoms with E-state index in [1.807, 2.05) is 42.1 Å². The summed E-state index contributed by atoms with van der Waals surface area (Å²) in [5, 5.41) is 5.03. The Morgan fingerprint density at radius 2 is 2.00 bits per heavy atom. The fourth-order valence-electron chi connectivity index (χ4n) is 2.64. The summed E-state index contributed by atoms with van der Waals surface area (Å²) in [5.74, 6) is -0.468. The molecule has 0 fully saturated rings. The van der Waals surface area contributed by atoms with Crippen molar-refractivity contribution >= 4 is 22.3 Å². The van der Waals surface area contributed by atoms with E-state index < -0.39 is 5.97 Å². The second-order valence-electron chi connectivity index (χ2n) is 5.85. The SMILES string of the molecule is CCc1nn2c(=O)cc(COC(=O)c3cccc(-n4cccc4)c3)nc2s1. The number of nitrogens with zero attached hydrogens (tertiary/aromatic N) is 4. The molecule has 8 heteroatoms. The van der Waals surface area contributed by atoms with Crippen LogP contribution in [0.5, 0.6) is 0 Å². The van der Waals surface area contributed by atoms with Gasteiger partial charge in [0, 0.05) is 24.1 Å². The molecular formula is C19H16N4O3S. The van der Waals surface area contributed by atoms with Crippen LogP contribution in [0.2, 0.25) is 0 Å². The Labute approximate surface area is 158 Å². The zero-order valence-corrected chi connectivity index (χ0v) is 15.3. The molecule has 0 spiro atoms. The highest BCUT2D eigenvalue weighted by Crippen LogP contribution is 2.14. The van der Waals surface area contributed by atoms with E-state index >= 15 is 0 Å². The number of fused-ring (bicyclic) bond motifs is 1. The highest BCUT2D eigenvalue weighted by Gasteiger charge is 2.12. The lowest BCUT2D eigenvalue weighted by Gasteiger charge is -2.07. The maximum atomic E-state index is 12.4. The lowest BCUT2D eigenvalue weighted by atomic mass is 10.2. The van der Waals surface area contributed by atoms with Crippen LogP contribution in [-0.2, 0) is 17.8 Å². The number of aromatic nitrogens is 4. The molecule has 4 aromatic rings. The summed E-state index contributed by atoms with van der Waals surface area (Å²) in [4.78, 5) is 29.4. The summed E-state index contributed by atoms with van der Waals surface area (Å²) in [6.07, 6.45) is 4.53. The fourth-order valence-corrected chi connectivity index (χ4v) is 3.49. The van der Waals surface area contributed by atoms with Gasteiger partial charge in [-0.15, -0.1) is 0 Å². The average molecular weight is 380 g/mol. The summed E-state index contributed by atoms with van der Waals surface area (Å²) >= 11 is 1.35. The summed E-state index contributed by atoms with van der Waals surface area (Å²) in [6.45, 7) is 1.89. The third kappa shape index (κ3) is 3.52. The molecule has 0 bridgehead atoms. The molecule has 0 aliphatic carbocycles. The Morgan fingerprint density at radius 1 is 1.19 bits per heavy atom. The second kappa shape index (κ2) is 7.16. The lowest BCUT2D eigenvalue weighted by Crippen LogP contribution is -2.16. The monoisotopic (exact) mass is 380 g/mol. The van der Waals surface area contributed by atoms with Gasteiger partial charge in [0.2, 0.25) is 4.96 Å². The highest BCUT2D eigenvalue weighted by atomic mass is 32.1. The van der Waals surface area contributed by atoms with E-state index in [2.05, 4.69) is 10.1 Å². The standard InChI is InChI=1S/C19H16N4O3S/c1-2-16-21-23-17(24)11-14(20-19(23)27-16)12-26-18(25)13-6-5-7-15(10-13)22-8-3-4-9-22/h3-11H,2,12H2,1H3. The molecular weight excluding hydrogens is 364 g/mol. The number of benzene rings is 1. The van der Waals surface area contributed by atoms with Crippen molar-refractivity contribution in [2.24, 2.45) is 0 Å². The third-order valence-electron chi connectivity index (χ3n) is 3.98. The molecule has 0 amide bonds. The molecule has 7 nitrogen and oxygen atoms in total. The first kappa shape index (κ1) is 17.2. The van der Waals surface area contributed by atoms with Gasteiger partial charge in [-0.05, 0) is 36.8 Å². The summed E-state index contributed by atoms with van der Waals surface area (Å²) in [6, 6.07) is 12.3. The minimum absolute atomic E-state index is 0.0717. The van der Waals surface area contributed by atoms with Gasteiger partial charge in [-0.1, -0.05) is 24.3 Å². The van der Waals surface area contributed by atoms with Gasteiger partial charge >= 0.3 is 5.97 Å². The van der Waals surface area contributed by atoms with Gasteiger partial charge in [0.25, 0.3) is 5.56 Å². The molecule has 0 atom stereocenters. The van der Waals surface area contributed by atoms with E-state index in [4.69, 9.17) is 4.74 Å². The first-order valence-corrected chi connectivity index (χ1v) is 9.25. The maximum Gasteiger partial charge on any atom is 0.338 e. The Kier molecular flexibility index (Phi) is 4.55. The Bertz CT molecular complexity index is 1160. The van der Waals surface area contributed by atoms with Crippen molar-refractivity contribution in [3.8, 4) is 5.69 Å². The van der Waals surface area contributed by atoms with Crippen LogP contribution < -0.4 is 5.56 Å². The number of hydrogen-bond donors (Lipinski definition) is 0. The molecule has 0 unspecified atom stereocenters. The smallest absolute Gasteiger partial charge is 0.338 e. The molecule has 0 saturated heterocycles. The van der Waals surface area contributed by atoms with E-state index in [1.54, 1.807) is 18.2 Å². The van der Waals surface area contributed by atoms with Gasteiger partial charge in [0.15, 0.2) is 0 Å². The number of carbonyl (C=O) groups excluding carboxylic acids is 1. The molecule has 27 heavy (non-hydrogen) atoms. The number of esters is 1. The summed E-state index contributed by atoms with van der Waals surface area (Å²) in [5.41, 5.74) is 1.42. The van der Waals surface area contributed by atoms with Crippen LogP contribution in [0, 0.1) is 0 Å². The Hall–Kier alpha value is -3.26. The quantitative estimate of drug-likeness (QED) is 0.498. The van der Waals surface area contributed by atoms with E-state index in [9.17, 15) is 9.59 Å². The maximum absolute atomic E-state index is 12.4.